The van der Waals surface area contributed by atoms with E-state index in [1.165, 1.54) is 6.92 Å². The third kappa shape index (κ3) is 4.94. The van der Waals surface area contributed by atoms with Gasteiger partial charge in [-0.05, 0) is 38.0 Å². The number of nitrogens with one attached hydrogen (secondary N) is 1. The van der Waals surface area contributed by atoms with Crippen molar-refractivity contribution in [3.8, 4) is 0 Å². The number of alkyl halides is 3. The number of aliphatic hydroxyl groups excluding tert-OH is 1. The number of aliphatic hydroxyl groups is 1. The van der Waals surface area contributed by atoms with Crippen LogP contribution in [-0.4, -0.2) is 26.2 Å². The molecule has 0 radical (unpaired) electrons. The van der Waals surface area contributed by atoms with Gasteiger partial charge < -0.3 is 5.11 Å². The molecule has 0 saturated heterocycles. The molecule has 1 rings (SSSR count). The van der Waals surface area contributed by atoms with Crippen molar-refractivity contribution in [2.45, 2.75) is 36.9 Å². The molecule has 0 aliphatic heterocycles. The van der Waals surface area contributed by atoms with E-state index in [1.807, 2.05) is 0 Å². The molecule has 0 bridgehead atoms. The molecule has 0 saturated carbocycles. The summed E-state index contributed by atoms with van der Waals surface area (Å²) in [4.78, 5) is -0.660. The van der Waals surface area contributed by atoms with E-state index in [0.717, 1.165) is 6.07 Å². The summed E-state index contributed by atoms with van der Waals surface area (Å²) in [7, 11) is -4.19. The largest absolute Gasteiger partial charge is 0.419 e. The molecule has 9 heteroatoms. The maximum Gasteiger partial charge on any atom is 0.419 e. The highest BCUT2D eigenvalue weighted by molar-refractivity contribution is 7.89. The van der Waals surface area contributed by atoms with Crippen LogP contribution in [0.2, 0.25) is 0 Å². The smallest absolute Gasteiger partial charge is 0.396 e. The Morgan fingerprint density at radius 2 is 1.95 bits per heavy atom. The molecule has 0 aromatic heterocycles. The second kappa shape index (κ2) is 6.71. The molecule has 0 aliphatic carbocycles. The lowest BCUT2D eigenvalue weighted by molar-refractivity contribution is -0.140. The molecule has 0 aliphatic rings. The lowest BCUT2D eigenvalue weighted by atomic mass is 10.2. The Labute approximate surface area is 119 Å². The monoisotopic (exact) mass is 329 g/mol. The Morgan fingerprint density at radius 1 is 1.33 bits per heavy atom. The Hall–Kier alpha value is -1.19. The van der Waals surface area contributed by atoms with Gasteiger partial charge in [0.05, 0.1) is 10.5 Å². The van der Waals surface area contributed by atoms with Crippen molar-refractivity contribution in [3.63, 3.8) is 0 Å². The van der Waals surface area contributed by atoms with Gasteiger partial charge in [0.15, 0.2) is 0 Å². The predicted molar refractivity (Wildman–Crippen MR) is 67.5 cm³/mol. The minimum Gasteiger partial charge on any atom is -0.396 e. The van der Waals surface area contributed by atoms with Gasteiger partial charge >= 0.3 is 6.18 Å². The molecular weight excluding hydrogens is 314 g/mol. The van der Waals surface area contributed by atoms with Crippen LogP contribution in [0, 0.1) is 5.82 Å². The molecule has 0 spiro atoms. The Bertz CT molecular complexity index is 587. The molecule has 1 aromatic carbocycles. The van der Waals surface area contributed by atoms with E-state index in [-0.39, 0.29) is 12.7 Å². The lowest BCUT2D eigenvalue weighted by Crippen LogP contribution is -2.33. The first-order valence-electron chi connectivity index (χ1n) is 6.08. The zero-order valence-corrected chi connectivity index (χ0v) is 11.9. The lowest BCUT2D eigenvalue weighted by Gasteiger charge is -2.15. The second-order valence-corrected chi connectivity index (χ2v) is 6.24. The van der Waals surface area contributed by atoms with Crippen molar-refractivity contribution >= 4 is 10.0 Å². The maximum absolute atomic E-state index is 13.1. The van der Waals surface area contributed by atoms with E-state index < -0.39 is 38.5 Å². The van der Waals surface area contributed by atoms with Crippen LogP contribution in [0.15, 0.2) is 23.1 Å². The minimum atomic E-state index is -4.97. The molecule has 1 aromatic rings. The second-order valence-electron chi connectivity index (χ2n) is 4.53. The summed E-state index contributed by atoms with van der Waals surface area (Å²) in [5.74, 6) is -1.53. The maximum atomic E-state index is 13.1. The zero-order chi connectivity index (χ0) is 16.3. The summed E-state index contributed by atoms with van der Waals surface area (Å²) in [6.07, 6.45) is -4.30. The van der Waals surface area contributed by atoms with Crippen molar-refractivity contribution in [2.24, 2.45) is 0 Å². The summed E-state index contributed by atoms with van der Waals surface area (Å²) in [6.45, 7) is 1.39. The number of hydrogen-bond acceptors (Lipinski definition) is 3. The number of benzene rings is 1. The molecule has 1 unspecified atom stereocenters. The van der Waals surface area contributed by atoms with Crippen LogP contribution in [-0.2, 0) is 16.2 Å². The highest BCUT2D eigenvalue weighted by Gasteiger charge is 2.35. The summed E-state index contributed by atoms with van der Waals surface area (Å²) < 4.78 is 76.9. The molecule has 0 amide bonds. The van der Waals surface area contributed by atoms with Gasteiger partial charge in [-0.1, -0.05) is 0 Å². The topological polar surface area (TPSA) is 66.4 Å². The molecule has 120 valence electrons. The molecule has 0 heterocycles. The van der Waals surface area contributed by atoms with Crippen LogP contribution in [0.25, 0.3) is 0 Å². The van der Waals surface area contributed by atoms with Gasteiger partial charge in [-0.2, -0.15) is 13.2 Å². The van der Waals surface area contributed by atoms with Gasteiger partial charge in [0.1, 0.15) is 5.82 Å². The highest BCUT2D eigenvalue weighted by atomic mass is 32.2. The summed E-state index contributed by atoms with van der Waals surface area (Å²) >= 11 is 0. The fourth-order valence-electron chi connectivity index (χ4n) is 1.68. The van der Waals surface area contributed by atoms with E-state index in [2.05, 4.69) is 4.72 Å². The minimum absolute atomic E-state index is 0.124. The van der Waals surface area contributed by atoms with Crippen molar-refractivity contribution in [3.05, 3.63) is 29.6 Å². The number of rotatable bonds is 6. The number of hydrogen-bond donors (Lipinski definition) is 2. The van der Waals surface area contributed by atoms with Crippen LogP contribution in [0.5, 0.6) is 0 Å². The van der Waals surface area contributed by atoms with E-state index in [4.69, 9.17) is 5.11 Å². The fourth-order valence-corrected chi connectivity index (χ4v) is 2.98. The average molecular weight is 329 g/mol. The normalized spacial score (nSPS) is 14.2. The first kappa shape index (κ1) is 17.9. The van der Waals surface area contributed by atoms with E-state index in [9.17, 15) is 26.0 Å². The first-order chi connectivity index (χ1) is 9.58. The van der Waals surface area contributed by atoms with Gasteiger partial charge in [0.25, 0.3) is 0 Å². The summed E-state index contributed by atoms with van der Waals surface area (Å²) in [6, 6.07) is 0.930. The van der Waals surface area contributed by atoms with Crippen molar-refractivity contribution in [1.29, 1.82) is 0 Å². The van der Waals surface area contributed by atoms with Crippen molar-refractivity contribution in [2.75, 3.05) is 6.61 Å². The van der Waals surface area contributed by atoms with Crippen LogP contribution in [0.4, 0.5) is 17.6 Å². The van der Waals surface area contributed by atoms with Crippen molar-refractivity contribution < 1.29 is 31.1 Å². The van der Waals surface area contributed by atoms with Crippen LogP contribution in [0.1, 0.15) is 25.3 Å². The molecule has 0 fully saturated rings. The summed E-state index contributed by atoms with van der Waals surface area (Å²) in [5.41, 5.74) is -1.63. The first-order valence-corrected chi connectivity index (χ1v) is 7.56. The Morgan fingerprint density at radius 3 is 2.48 bits per heavy atom. The Kier molecular flexibility index (Phi) is 5.71. The van der Waals surface area contributed by atoms with Crippen molar-refractivity contribution in [1.82, 2.24) is 4.72 Å². The van der Waals surface area contributed by atoms with E-state index in [1.54, 1.807) is 0 Å². The fraction of sp³-hybridized carbons (Fsp3) is 0.500. The number of halogens is 4. The van der Waals surface area contributed by atoms with E-state index in [0.29, 0.717) is 18.9 Å². The predicted octanol–water partition coefficient (Wildman–Crippen LogP) is 2.28. The van der Waals surface area contributed by atoms with Crippen LogP contribution < -0.4 is 4.72 Å². The average Bonchev–Trinajstić information content (AvgIpc) is 2.34. The Balaban J connectivity index is 3.04. The molecule has 1 atom stereocenters. The standard InChI is InChI=1S/C12H15F4NO3S/c1-8(3-2-6-18)17-21(19,20)9-4-5-11(13)10(7-9)12(14,15)16/h4-5,7-8,17-18H,2-3,6H2,1H3. The van der Waals surface area contributed by atoms with Gasteiger partial charge in [0.2, 0.25) is 10.0 Å². The van der Waals surface area contributed by atoms with Gasteiger partial charge in [-0.25, -0.2) is 17.5 Å². The highest BCUT2D eigenvalue weighted by Crippen LogP contribution is 2.32. The third-order valence-electron chi connectivity index (χ3n) is 2.71. The van der Waals surface area contributed by atoms with Gasteiger partial charge in [-0.3, -0.25) is 0 Å². The quantitative estimate of drug-likeness (QED) is 0.787. The van der Waals surface area contributed by atoms with E-state index >= 15 is 0 Å². The van der Waals surface area contributed by atoms with Gasteiger partial charge in [0, 0.05) is 12.6 Å². The SMILES string of the molecule is CC(CCCO)NS(=O)(=O)c1ccc(F)c(C(F)(F)F)c1. The molecule has 21 heavy (non-hydrogen) atoms. The molecular formula is C12H15F4NO3S. The zero-order valence-electron chi connectivity index (χ0n) is 11.1. The third-order valence-corrected chi connectivity index (χ3v) is 4.29. The van der Waals surface area contributed by atoms with Crippen LogP contribution in [0.3, 0.4) is 0 Å². The van der Waals surface area contributed by atoms with Gasteiger partial charge in [-0.15, -0.1) is 0 Å². The molecule has 4 nitrogen and oxygen atoms in total. The number of sulfonamides is 1. The molecule has 2 N–H and O–H groups in total. The summed E-state index contributed by atoms with van der Waals surface area (Å²) in [5, 5.41) is 8.64. The van der Waals surface area contributed by atoms with Crippen LogP contribution >= 0.6 is 0 Å².